The lowest BCUT2D eigenvalue weighted by Crippen LogP contribution is -2.11. The van der Waals surface area contributed by atoms with Crippen molar-refractivity contribution in [2.24, 2.45) is 0 Å². The first-order valence-corrected chi connectivity index (χ1v) is 11.1. The minimum Gasteiger partial charge on any atom is -0.472 e. The third kappa shape index (κ3) is 4.96. The Morgan fingerprint density at radius 1 is 1.11 bits per heavy atom. The quantitative estimate of drug-likeness (QED) is 0.402. The number of sulfone groups is 1. The first-order chi connectivity index (χ1) is 13.4. The number of nitrogens with zero attached hydrogens (tertiary/aromatic N) is 3. The maximum Gasteiger partial charge on any atom is 0.252 e. The first-order valence-electron chi connectivity index (χ1n) is 8.08. The van der Waals surface area contributed by atoms with Crippen LogP contribution in [-0.2, 0) is 16.4 Å². The molecule has 3 rings (SSSR count). The Kier molecular flexibility index (Phi) is 6.11. The second-order valence-corrected chi connectivity index (χ2v) is 8.98. The number of nitriles is 1. The Balaban J connectivity index is 2.02. The normalized spacial score (nSPS) is 10.9. The van der Waals surface area contributed by atoms with Gasteiger partial charge in [-0.3, -0.25) is 0 Å². The summed E-state index contributed by atoms with van der Waals surface area (Å²) in [5, 5.41) is 12.2. The molecule has 142 valence electrons. The van der Waals surface area contributed by atoms with Gasteiger partial charge in [0.15, 0.2) is 11.4 Å². The lowest BCUT2D eigenvalue weighted by molar-refractivity contribution is 0.289. The molecule has 7 nitrogen and oxygen atoms in total. The number of halogens is 1. The predicted molar refractivity (Wildman–Crippen MR) is 113 cm³/mol. The summed E-state index contributed by atoms with van der Waals surface area (Å²) in [6, 6.07) is 18.7. The summed E-state index contributed by atoms with van der Waals surface area (Å²) in [7, 11) is -3.71. The van der Waals surface area contributed by atoms with E-state index < -0.39 is 15.0 Å². The summed E-state index contributed by atoms with van der Waals surface area (Å²) in [5.41, 5.74) is 1.55. The summed E-state index contributed by atoms with van der Waals surface area (Å²) in [5.74, 6) is -0.0167. The molecule has 0 atom stereocenters. The summed E-state index contributed by atoms with van der Waals surface area (Å²) in [6.07, 6.45) is 1.00. The number of aromatic nitrogens is 2. The third-order valence-electron chi connectivity index (χ3n) is 3.62. The van der Waals surface area contributed by atoms with Crippen molar-refractivity contribution in [2.75, 3.05) is 11.6 Å². The summed E-state index contributed by atoms with van der Waals surface area (Å²) >= 11 is 2.17. The molecule has 0 saturated carbocycles. The lowest BCUT2D eigenvalue weighted by atomic mass is 10.2. The smallest absolute Gasteiger partial charge is 0.252 e. The second-order valence-electron chi connectivity index (χ2n) is 5.83. The number of rotatable bonds is 6. The van der Waals surface area contributed by atoms with Crippen LogP contribution in [0.25, 0.3) is 0 Å². The fraction of sp³-hybridized carbons (Fsp3) is 0.105. The van der Waals surface area contributed by atoms with Crippen LogP contribution in [0.4, 0.5) is 11.5 Å². The number of hydrogen-bond acceptors (Lipinski definition) is 7. The van der Waals surface area contributed by atoms with E-state index in [2.05, 4.69) is 37.9 Å². The van der Waals surface area contributed by atoms with Gasteiger partial charge in [0, 0.05) is 15.5 Å². The Morgan fingerprint density at radius 2 is 1.79 bits per heavy atom. The number of ether oxygens (including phenoxy) is 1. The summed E-state index contributed by atoms with van der Waals surface area (Å²) in [4.78, 5) is 7.99. The van der Waals surface area contributed by atoms with Crippen molar-refractivity contribution in [3.63, 3.8) is 0 Å². The van der Waals surface area contributed by atoms with E-state index in [0.29, 0.717) is 5.69 Å². The van der Waals surface area contributed by atoms with Gasteiger partial charge in [0.1, 0.15) is 12.7 Å². The average molecular weight is 506 g/mol. The fourth-order valence-corrected chi connectivity index (χ4v) is 3.14. The molecule has 0 aliphatic rings. The van der Waals surface area contributed by atoms with E-state index in [1.165, 1.54) is 0 Å². The topological polar surface area (TPSA) is 105 Å². The van der Waals surface area contributed by atoms with Gasteiger partial charge in [0.2, 0.25) is 15.7 Å². The van der Waals surface area contributed by atoms with E-state index in [9.17, 15) is 13.7 Å². The maximum atomic E-state index is 12.0. The van der Waals surface area contributed by atoms with Gasteiger partial charge >= 0.3 is 0 Å². The second kappa shape index (κ2) is 8.53. The zero-order chi connectivity index (χ0) is 20.1. The highest BCUT2D eigenvalue weighted by Crippen LogP contribution is 2.27. The molecule has 0 aliphatic carbocycles. The molecular formula is C19H15IN4O3S. The van der Waals surface area contributed by atoms with Crippen molar-refractivity contribution < 1.29 is 13.2 Å². The highest BCUT2D eigenvalue weighted by Gasteiger charge is 2.21. The SMILES string of the molecule is CS(=O)(=O)c1nc(Nc2ccc(I)cc2)c(C#N)c(OCc2ccccc2)n1. The Morgan fingerprint density at radius 3 is 2.39 bits per heavy atom. The van der Waals surface area contributed by atoms with Crippen LogP contribution in [0.5, 0.6) is 5.88 Å². The van der Waals surface area contributed by atoms with Crippen LogP contribution in [0.1, 0.15) is 11.1 Å². The Hall–Kier alpha value is -2.71. The van der Waals surface area contributed by atoms with Crippen molar-refractivity contribution in [1.29, 1.82) is 5.26 Å². The minimum absolute atomic E-state index is 0.0295. The lowest BCUT2D eigenvalue weighted by Gasteiger charge is -2.13. The molecule has 1 N–H and O–H groups in total. The van der Waals surface area contributed by atoms with Crippen LogP contribution in [-0.4, -0.2) is 24.6 Å². The van der Waals surface area contributed by atoms with E-state index in [-0.39, 0.29) is 23.9 Å². The van der Waals surface area contributed by atoms with Crippen molar-refractivity contribution >= 4 is 43.9 Å². The zero-order valence-electron chi connectivity index (χ0n) is 14.8. The largest absolute Gasteiger partial charge is 0.472 e. The molecule has 9 heteroatoms. The highest BCUT2D eigenvalue weighted by atomic mass is 127. The maximum absolute atomic E-state index is 12.0. The van der Waals surface area contributed by atoms with Gasteiger partial charge in [-0.2, -0.15) is 15.2 Å². The molecule has 0 bridgehead atoms. The predicted octanol–water partition coefficient (Wildman–Crippen LogP) is 3.68. The molecule has 0 radical (unpaired) electrons. The van der Waals surface area contributed by atoms with E-state index in [1.54, 1.807) is 12.1 Å². The highest BCUT2D eigenvalue weighted by molar-refractivity contribution is 14.1. The van der Waals surface area contributed by atoms with Crippen molar-refractivity contribution in [1.82, 2.24) is 9.97 Å². The molecule has 0 amide bonds. The van der Waals surface area contributed by atoms with Gasteiger partial charge in [-0.25, -0.2) is 8.42 Å². The molecule has 1 heterocycles. The molecule has 0 aliphatic heterocycles. The van der Waals surface area contributed by atoms with Crippen LogP contribution in [0.2, 0.25) is 0 Å². The monoisotopic (exact) mass is 506 g/mol. The number of anilines is 2. The first kappa shape index (κ1) is 20.0. The third-order valence-corrected chi connectivity index (χ3v) is 5.19. The molecule has 3 aromatic rings. The van der Waals surface area contributed by atoms with Crippen LogP contribution < -0.4 is 10.1 Å². The minimum atomic E-state index is -3.71. The number of hydrogen-bond donors (Lipinski definition) is 1. The van der Waals surface area contributed by atoms with E-state index in [1.807, 2.05) is 48.5 Å². The molecule has 2 aromatic carbocycles. The van der Waals surface area contributed by atoms with Crippen LogP contribution >= 0.6 is 22.6 Å². The molecule has 1 aromatic heterocycles. The van der Waals surface area contributed by atoms with Gasteiger partial charge in [0.05, 0.1) is 0 Å². The van der Waals surface area contributed by atoms with Crippen molar-refractivity contribution in [3.8, 4) is 11.9 Å². The molecular weight excluding hydrogens is 491 g/mol. The molecule has 0 saturated heterocycles. The van der Waals surface area contributed by atoms with Crippen LogP contribution in [0, 0.1) is 14.9 Å². The average Bonchev–Trinajstić information content (AvgIpc) is 2.68. The van der Waals surface area contributed by atoms with Gasteiger partial charge in [-0.15, -0.1) is 0 Å². The van der Waals surface area contributed by atoms with Crippen molar-refractivity contribution in [3.05, 3.63) is 69.3 Å². The zero-order valence-corrected chi connectivity index (χ0v) is 17.7. The Labute approximate surface area is 176 Å². The molecule has 0 fully saturated rings. The number of nitrogens with one attached hydrogen (secondary N) is 1. The fourth-order valence-electron chi connectivity index (χ4n) is 2.28. The van der Waals surface area contributed by atoms with Gasteiger partial charge in [-0.1, -0.05) is 30.3 Å². The van der Waals surface area contributed by atoms with E-state index in [0.717, 1.165) is 15.4 Å². The van der Waals surface area contributed by atoms with E-state index in [4.69, 9.17) is 4.74 Å². The molecule has 0 unspecified atom stereocenters. The molecule has 0 spiro atoms. The summed E-state index contributed by atoms with van der Waals surface area (Å²) in [6.45, 7) is 0.138. The number of benzene rings is 2. The van der Waals surface area contributed by atoms with Gasteiger partial charge in [-0.05, 0) is 52.4 Å². The Bertz CT molecular complexity index is 1130. The van der Waals surface area contributed by atoms with Crippen LogP contribution in [0.15, 0.2) is 59.8 Å². The van der Waals surface area contributed by atoms with Crippen molar-refractivity contribution in [2.45, 2.75) is 11.8 Å². The molecule has 28 heavy (non-hydrogen) atoms. The van der Waals surface area contributed by atoms with Gasteiger partial charge < -0.3 is 10.1 Å². The standard InChI is InChI=1S/C19H15IN4O3S/c1-28(25,26)19-23-17(22-15-9-7-14(20)8-10-15)16(11-21)18(24-19)27-12-13-5-3-2-4-6-13/h2-10H,12H2,1H3,(H,22,23,24). The van der Waals surface area contributed by atoms with Gasteiger partial charge in [0.25, 0.3) is 5.16 Å². The summed E-state index contributed by atoms with van der Waals surface area (Å²) < 4.78 is 30.7. The van der Waals surface area contributed by atoms with Crippen LogP contribution in [0.3, 0.4) is 0 Å². The van der Waals surface area contributed by atoms with E-state index >= 15 is 0 Å².